The minimum Gasteiger partial charge on any atom is -0.481 e. The summed E-state index contributed by atoms with van der Waals surface area (Å²) in [5, 5.41) is 27.3. The maximum atomic E-state index is 10.2. The molecule has 18 heavy (non-hydrogen) atoms. The van der Waals surface area contributed by atoms with Crippen LogP contribution < -0.4 is 0 Å². The summed E-state index contributed by atoms with van der Waals surface area (Å²) in [7, 11) is 0. The van der Waals surface area contributed by atoms with E-state index in [9.17, 15) is 19.8 Å². The van der Waals surface area contributed by atoms with E-state index in [0.29, 0.717) is 19.1 Å². The molecule has 0 aromatic heterocycles. The molecule has 0 spiro atoms. The zero-order chi connectivity index (χ0) is 13.8. The van der Waals surface area contributed by atoms with Gasteiger partial charge in [0.25, 0.3) is 0 Å². The topological polar surface area (TPSA) is 94.8 Å². The first-order chi connectivity index (χ1) is 8.57. The highest BCUT2D eigenvalue weighted by Gasteiger charge is 2.12. The fourth-order valence-electron chi connectivity index (χ4n) is 1.62. The fourth-order valence-corrected chi connectivity index (χ4v) is 1.62. The molecule has 104 valence electrons. The van der Waals surface area contributed by atoms with Crippen molar-refractivity contribution in [3.05, 3.63) is 12.2 Å². The average Bonchev–Trinajstić information content (AvgIpc) is 2.34. The van der Waals surface area contributed by atoms with E-state index in [-0.39, 0.29) is 6.42 Å². The zero-order valence-corrected chi connectivity index (χ0v) is 10.5. The van der Waals surface area contributed by atoms with Crippen LogP contribution in [0.25, 0.3) is 0 Å². The van der Waals surface area contributed by atoms with Crippen molar-refractivity contribution >= 4 is 12.3 Å². The number of carbonyl (C=O) groups excluding carboxylic acids is 1. The van der Waals surface area contributed by atoms with Crippen LogP contribution in [0.5, 0.6) is 0 Å². The third kappa shape index (κ3) is 9.99. The Morgan fingerprint density at radius 2 is 1.67 bits per heavy atom. The third-order valence-corrected chi connectivity index (χ3v) is 2.67. The first-order valence-corrected chi connectivity index (χ1v) is 6.27. The number of aliphatic hydroxyl groups excluding tert-OH is 2. The van der Waals surface area contributed by atoms with Gasteiger partial charge < -0.3 is 15.3 Å². The van der Waals surface area contributed by atoms with Crippen LogP contribution >= 0.6 is 0 Å². The summed E-state index contributed by atoms with van der Waals surface area (Å²) in [6.45, 7) is 0. The van der Waals surface area contributed by atoms with Crippen LogP contribution in [0.1, 0.15) is 44.9 Å². The number of aliphatic hydroxyl groups is 2. The van der Waals surface area contributed by atoms with Crippen molar-refractivity contribution in [2.45, 2.75) is 57.2 Å². The zero-order valence-electron chi connectivity index (χ0n) is 10.5. The van der Waals surface area contributed by atoms with Crippen molar-refractivity contribution in [1.82, 2.24) is 0 Å². The summed E-state index contributed by atoms with van der Waals surface area (Å²) >= 11 is 0. The van der Waals surface area contributed by atoms with Crippen LogP contribution in [-0.4, -0.2) is 39.8 Å². The lowest BCUT2D eigenvalue weighted by Crippen LogP contribution is -2.23. The number of hydrogen-bond donors (Lipinski definition) is 3. The molecule has 0 aliphatic rings. The Kier molecular flexibility index (Phi) is 10.2. The number of hydrogen-bond acceptors (Lipinski definition) is 4. The van der Waals surface area contributed by atoms with E-state index >= 15 is 0 Å². The summed E-state index contributed by atoms with van der Waals surface area (Å²) in [4.78, 5) is 20.3. The molecule has 0 aliphatic heterocycles. The van der Waals surface area contributed by atoms with E-state index in [4.69, 9.17) is 5.11 Å². The number of aldehydes is 1. The Labute approximate surface area is 107 Å². The second kappa shape index (κ2) is 10.9. The molecule has 0 saturated heterocycles. The van der Waals surface area contributed by atoms with E-state index < -0.39 is 18.2 Å². The minimum absolute atomic E-state index is 0.206. The molecule has 0 fully saturated rings. The summed E-state index contributed by atoms with van der Waals surface area (Å²) in [6.07, 6.45) is 5.99. The van der Waals surface area contributed by atoms with Gasteiger partial charge in [-0.05, 0) is 18.9 Å². The molecule has 0 heterocycles. The molecule has 5 heteroatoms. The van der Waals surface area contributed by atoms with E-state index in [1.807, 2.05) is 0 Å². The molecule has 0 saturated carbocycles. The van der Waals surface area contributed by atoms with Crippen molar-refractivity contribution in [1.29, 1.82) is 0 Å². The summed E-state index contributed by atoms with van der Waals surface area (Å²) in [5.41, 5.74) is 0. The molecule has 2 atom stereocenters. The van der Waals surface area contributed by atoms with Crippen LogP contribution in [0.4, 0.5) is 0 Å². The molecule has 0 aromatic carbocycles. The highest BCUT2D eigenvalue weighted by Crippen LogP contribution is 2.11. The van der Waals surface area contributed by atoms with Gasteiger partial charge in [0.15, 0.2) is 0 Å². The molecule has 5 nitrogen and oxygen atoms in total. The standard InChI is InChI=1S/C13H22O5/c14-10-6-8-12(16)11(15)7-4-2-1-3-5-9-13(17)18/h6,8,10-12,15-16H,1-5,7,9H2,(H,17,18)/b8-6+. The van der Waals surface area contributed by atoms with Crippen molar-refractivity contribution in [3.8, 4) is 0 Å². The van der Waals surface area contributed by atoms with Crippen LogP contribution in [0.15, 0.2) is 12.2 Å². The number of unbranched alkanes of at least 4 members (excludes halogenated alkanes) is 4. The van der Waals surface area contributed by atoms with Gasteiger partial charge in [-0.3, -0.25) is 9.59 Å². The van der Waals surface area contributed by atoms with Gasteiger partial charge >= 0.3 is 5.97 Å². The predicted octanol–water partition coefficient (Wildman–Crippen LogP) is 1.28. The molecule has 0 radical (unpaired) electrons. The molecular weight excluding hydrogens is 236 g/mol. The van der Waals surface area contributed by atoms with E-state index in [1.165, 1.54) is 12.2 Å². The number of carboxylic acids is 1. The fraction of sp³-hybridized carbons (Fsp3) is 0.692. The number of rotatable bonds is 11. The Bertz CT molecular complexity index is 262. The van der Waals surface area contributed by atoms with Gasteiger partial charge in [-0.1, -0.05) is 31.8 Å². The molecule has 0 rings (SSSR count). The second-order valence-corrected chi connectivity index (χ2v) is 4.28. The van der Waals surface area contributed by atoms with E-state index in [1.54, 1.807) is 0 Å². The van der Waals surface area contributed by atoms with Gasteiger partial charge in [0.2, 0.25) is 0 Å². The summed E-state index contributed by atoms with van der Waals surface area (Å²) in [5.74, 6) is -0.768. The Morgan fingerprint density at radius 1 is 1.06 bits per heavy atom. The summed E-state index contributed by atoms with van der Waals surface area (Å²) in [6, 6.07) is 0. The second-order valence-electron chi connectivity index (χ2n) is 4.28. The van der Waals surface area contributed by atoms with Gasteiger partial charge in [-0.2, -0.15) is 0 Å². The lowest BCUT2D eigenvalue weighted by Gasteiger charge is -2.13. The van der Waals surface area contributed by atoms with Crippen LogP contribution in [-0.2, 0) is 9.59 Å². The SMILES string of the molecule is O=C/C=C/C(O)C(O)CCCCCCCC(=O)O. The highest BCUT2D eigenvalue weighted by molar-refractivity contribution is 5.66. The molecule has 0 bridgehead atoms. The molecule has 0 aliphatic carbocycles. The quantitative estimate of drug-likeness (QED) is 0.295. The van der Waals surface area contributed by atoms with E-state index in [0.717, 1.165) is 25.7 Å². The largest absolute Gasteiger partial charge is 0.481 e. The van der Waals surface area contributed by atoms with Crippen LogP contribution in [0.3, 0.4) is 0 Å². The van der Waals surface area contributed by atoms with Crippen molar-refractivity contribution < 1.29 is 24.9 Å². The van der Waals surface area contributed by atoms with Gasteiger partial charge in [0, 0.05) is 6.42 Å². The minimum atomic E-state index is -0.998. The summed E-state index contributed by atoms with van der Waals surface area (Å²) < 4.78 is 0. The van der Waals surface area contributed by atoms with E-state index in [2.05, 4.69) is 0 Å². The highest BCUT2D eigenvalue weighted by atomic mass is 16.4. The van der Waals surface area contributed by atoms with Crippen molar-refractivity contribution in [2.24, 2.45) is 0 Å². The molecule has 2 unspecified atom stereocenters. The number of aliphatic carboxylic acids is 1. The van der Waals surface area contributed by atoms with Crippen molar-refractivity contribution in [2.75, 3.05) is 0 Å². The predicted molar refractivity (Wildman–Crippen MR) is 67.2 cm³/mol. The Morgan fingerprint density at radius 3 is 2.28 bits per heavy atom. The molecule has 0 aromatic rings. The smallest absolute Gasteiger partial charge is 0.303 e. The molecule has 3 N–H and O–H groups in total. The normalized spacial score (nSPS) is 14.6. The number of carbonyl (C=O) groups is 2. The third-order valence-electron chi connectivity index (χ3n) is 2.67. The average molecular weight is 258 g/mol. The van der Waals surface area contributed by atoms with Crippen molar-refractivity contribution in [3.63, 3.8) is 0 Å². The van der Waals surface area contributed by atoms with Crippen LogP contribution in [0.2, 0.25) is 0 Å². The molecule has 0 amide bonds. The maximum absolute atomic E-state index is 10.2. The first kappa shape index (κ1) is 16.8. The lowest BCUT2D eigenvalue weighted by molar-refractivity contribution is -0.137. The number of allylic oxidation sites excluding steroid dienone is 1. The van der Waals surface area contributed by atoms with Gasteiger partial charge in [0.05, 0.1) is 12.2 Å². The monoisotopic (exact) mass is 258 g/mol. The van der Waals surface area contributed by atoms with Gasteiger partial charge in [-0.15, -0.1) is 0 Å². The number of carboxylic acid groups (broad SMARTS) is 1. The van der Waals surface area contributed by atoms with Gasteiger partial charge in [-0.25, -0.2) is 0 Å². The molecular formula is C13H22O5. The maximum Gasteiger partial charge on any atom is 0.303 e. The van der Waals surface area contributed by atoms with Gasteiger partial charge in [0.1, 0.15) is 6.29 Å². The Balaban J connectivity index is 3.45. The first-order valence-electron chi connectivity index (χ1n) is 6.27. The lowest BCUT2D eigenvalue weighted by atomic mass is 10.0. The Hall–Kier alpha value is -1.20. The van der Waals surface area contributed by atoms with Crippen LogP contribution in [0, 0.1) is 0 Å².